The second-order valence-corrected chi connectivity index (χ2v) is 8.97. The summed E-state index contributed by atoms with van der Waals surface area (Å²) in [6, 6.07) is 0.298. The van der Waals surface area contributed by atoms with Crippen molar-refractivity contribution < 1.29 is 8.42 Å². The van der Waals surface area contributed by atoms with E-state index in [4.69, 9.17) is 0 Å². The molecule has 114 valence electrons. The lowest BCUT2D eigenvalue weighted by Gasteiger charge is -2.41. The Kier molecular flexibility index (Phi) is 7.14. The van der Waals surface area contributed by atoms with Gasteiger partial charge in [0, 0.05) is 36.9 Å². The molecular formula is C13H28N2O2S2. The number of nitrogens with zero attached hydrogens (tertiary/aromatic N) is 1. The van der Waals surface area contributed by atoms with Gasteiger partial charge in [-0.15, -0.1) is 0 Å². The van der Waals surface area contributed by atoms with Gasteiger partial charge < -0.3 is 5.32 Å². The van der Waals surface area contributed by atoms with E-state index in [0.29, 0.717) is 17.7 Å². The van der Waals surface area contributed by atoms with Gasteiger partial charge in [-0.1, -0.05) is 20.8 Å². The number of hydrogen-bond donors (Lipinski definition) is 1. The second-order valence-electron chi connectivity index (χ2n) is 5.61. The fourth-order valence-electron chi connectivity index (χ4n) is 2.51. The summed E-state index contributed by atoms with van der Waals surface area (Å²) < 4.78 is 24.0. The molecule has 0 radical (unpaired) electrons. The summed E-state index contributed by atoms with van der Waals surface area (Å²) in [6.45, 7) is 9.25. The molecule has 0 saturated carbocycles. The SMILES string of the molecule is CCCNCC(C(C)C)N1CCSCC1S(C)(=O)=O. The van der Waals surface area contributed by atoms with Gasteiger partial charge in [-0.3, -0.25) is 4.90 Å². The molecule has 1 heterocycles. The number of sulfone groups is 1. The summed E-state index contributed by atoms with van der Waals surface area (Å²) in [5.41, 5.74) is 0. The Morgan fingerprint density at radius 1 is 1.42 bits per heavy atom. The van der Waals surface area contributed by atoms with Gasteiger partial charge in [-0.2, -0.15) is 11.8 Å². The van der Waals surface area contributed by atoms with Gasteiger partial charge >= 0.3 is 0 Å². The minimum atomic E-state index is -3.01. The average molecular weight is 309 g/mol. The molecule has 0 spiro atoms. The van der Waals surface area contributed by atoms with Crippen LogP contribution in [0, 0.1) is 5.92 Å². The van der Waals surface area contributed by atoms with Gasteiger partial charge in [0.2, 0.25) is 0 Å². The van der Waals surface area contributed by atoms with Crippen LogP contribution in [0.15, 0.2) is 0 Å². The third-order valence-corrected chi connectivity index (χ3v) is 6.25. The molecule has 1 N–H and O–H groups in total. The molecular weight excluding hydrogens is 280 g/mol. The van der Waals surface area contributed by atoms with E-state index in [2.05, 4.69) is 31.0 Å². The van der Waals surface area contributed by atoms with Gasteiger partial charge in [0.15, 0.2) is 9.84 Å². The van der Waals surface area contributed by atoms with Crippen LogP contribution in [-0.2, 0) is 9.84 Å². The van der Waals surface area contributed by atoms with E-state index in [1.54, 1.807) is 11.8 Å². The van der Waals surface area contributed by atoms with E-state index in [1.165, 1.54) is 6.26 Å². The van der Waals surface area contributed by atoms with Gasteiger partial charge in [0.05, 0.1) is 0 Å². The highest BCUT2D eigenvalue weighted by Crippen LogP contribution is 2.25. The first-order valence-electron chi connectivity index (χ1n) is 7.11. The van der Waals surface area contributed by atoms with Crippen molar-refractivity contribution in [3.63, 3.8) is 0 Å². The molecule has 19 heavy (non-hydrogen) atoms. The Morgan fingerprint density at radius 2 is 2.11 bits per heavy atom. The number of nitrogens with one attached hydrogen (secondary N) is 1. The summed E-state index contributed by atoms with van der Waals surface area (Å²) >= 11 is 1.75. The summed E-state index contributed by atoms with van der Waals surface area (Å²) in [5.74, 6) is 2.19. The highest BCUT2D eigenvalue weighted by atomic mass is 32.2. The highest BCUT2D eigenvalue weighted by molar-refractivity contribution is 8.00. The molecule has 0 aromatic carbocycles. The number of thioether (sulfide) groups is 1. The molecule has 1 aliphatic rings. The van der Waals surface area contributed by atoms with Crippen molar-refractivity contribution in [2.24, 2.45) is 5.92 Å². The zero-order chi connectivity index (χ0) is 14.5. The van der Waals surface area contributed by atoms with Gasteiger partial charge in [0.25, 0.3) is 0 Å². The third-order valence-electron chi connectivity index (χ3n) is 3.59. The standard InChI is InChI=1S/C13H28N2O2S2/c1-5-6-14-9-12(11(2)3)15-7-8-18-10-13(15)19(4,16)17/h11-14H,5-10H2,1-4H3. The number of hydrogen-bond acceptors (Lipinski definition) is 5. The lowest BCUT2D eigenvalue weighted by Crippen LogP contribution is -2.56. The summed E-state index contributed by atoms with van der Waals surface area (Å²) in [5, 5.41) is 3.12. The summed E-state index contributed by atoms with van der Waals surface area (Å²) in [4.78, 5) is 2.21. The van der Waals surface area contributed by atoms with E-state index in [9.17, 15) is 8.42 Å². The van der Waals surface area contributed by atoms with E-state index >= 15 is 0 Å². The zero-order valence-corrected chi connectivity index (χ0v) is 14.2. The molecule has 0 aromatic heterocycles. The summed E-state index contributed by atoms with van der Waals surface area (Å²) in [7, 11) is -3.01. The largest absolute Gasteiger partial charge is 0.315 e. The van der Waals surface area contributed by atoms with Gasteiger partial charge in [-0.05, 0) is 18.9 Å². The zero-order valence-electron chi connectivity index (χ0n) is 12.6. The fourth-order valence-corrected chi connectivity index (χ4v) is 5.44. The molecule has 1 fully saturated rings. The van der Waals surface area contributed by atoms with Crippen LogP contribution < -0.4 is 5.32 Å². The molecule has 0 bridgehead atoms. The van der Waals surface area contributed by atoms with Crippen LogP contribution in [0.5, 0.6) is 0 Å². The molecule has 1 rings (SSSR count). The van der Waals surface area contributed by atoms with E-state index in [1.807, 2.05) is 0 Å². The molecule has 0 aromatic rings. The van der Waals surface area contributed by atoms with Crippen molar-refractivity contribution in [3.05, 3.63) is 0 Å². The van der Waals surface area contributed by atoms with Crippen molar-refractivity contribution in [2.75, 3.05) is 37.4 Å². The average Bonchev–Trinajstić information content (AvgIpc) is 2.33. The van der Waals surface area contributed by atoms with E-state index in [-0.39, 0.29) is 5.37 Å². The minimum Gasteiger partial charge on any atom is -0.315 e. The normalized spacial score (nSPS) is 23.7. The van der Waals surface area contributed by atoms with Crippen molar-refractivity contribution >= 4 is 21.6 Å². The molecule has 1 saturated heterocycles. The Balaban J connectivity index is 2.79. The number of rotatable bonds is 7. The monoisotopic (exact) mass is 308 g/mol. The Hall–Kier alpha value is 0.220. The van der Waals surface area contributed by atoms with Crippen molar-refractivity contribution in [3.8, 4) is 0 Å². The lowest BCUT2D eigenvalue weighted by atomic mass is 10.0. The van der Waals surface area contributed by atoms with Gasteiger partial charge in [0.1, 0.15) is 5.37 Å². The van der Waals surface area contributed by atoms with Crippen molar-refractivity contribution in [1.82, 2.24) is 10.2 Å². The van der Waals surface area contributed by atoms with E-state index in [0.717, 1.165) is 31.8 Å². The lowest BCUT2D eigenvalue weighted by molar-refractivity contribution is 0.148. The van der Waals surface area contributed by atoms with Crippen LogP contribution in [0.3, 0.4) is 0 Å². The first kappa shape index (κ1) is 17.3. The van der Waals surface area contributed by atoms with Crippen LogP contribution >= 0.6 is 11.8 Å². The third kappa shape index (κ3) is 5.25. The Morgan fingerprint density at radius 3 is 2.63 bits per heavy atom. The molecule has 1 aliphatic heterocycles. The molecule has 2 atom stereocenters. The predicted molar refractivity (Wildman–Crippen MR) is 84.4 cm³/mol. The fraction of sp³-hybridized carbons (Fsp3) is 1.00. The van der Waals surface area contributed by atoms with Crippen molar-refractivity contribution in [1.29, 1.82) is 0 Å². The van der Waals surface area contributed by atoms with Crippen LogP contribution in [0.4, 0.5) is 0 Å². The molecule has 2 unspecified atom stereocenters. The maximum absolute atomic E-state index is 12.0. The summed E-state index contributed by atoms with van der Waals surface area (Å²) in [6.07, 6.45) is 2.48. The molecule has 4 nitrogen and oxygen atoms in total. The van der Waals surface area contributed by atoms with Gasteiger partial charge in [-0.25, -0.2) is 8.42 Å². The first-order chi connectivity index (χ1) is 8.88. The minimum absolute atomic E-state index is 0.298. The second kappa shape index (κ2) is 7.86. The predicted octanol–water partition coefficient (Wildman–Crippen LogP) is 1.43. The highest BCUT2D eigenvalue weighted by Gasteiger charge is 2.36. The quantitative estimate of drug-likeness (QED) is 0.721. The Labute approximate surface area is 122 Å². The maximum Gasteiger partial charge on any atom is 0.164 e. The van der Waals surface area contributed by atoms with Crippen LogP contribution in [0.1, 0.15) is 27.2 Å². The molecule has 6 heteroatoms. The molecule has 0 aliphatic carbocycles. The van der Waals surface area contributed by atoms with Crippen molar-refractivity contribution in [2.45, 2.75) is 38.6 Å². The van der Waals surface area contributed by atoms with E-state index < -0.39 is 9.84 Å². The smallest absolute Gasteiger partial charge is 0.164 e. The first-order valence-corrected chi connectivity index (χ1v) is 10.2. The van der Waals surface area contributed by atoms with Crippen LogP contribution in [0.25, 0.3) is 0 Å². The Bertz CT molecular complexity index is 358. The van der Waals surface area contributed by atoms with Crippen LogP contribution in [0.2, 0.25) is 0 Å². The topological polar surface area (TPSA) is 49.4 Å². The molecule has 0 amide bonds. The maximum atomic E-state index is 12.0. The van der Waals surface area contributed by atoms with Crippen LogP contribution in [-0.4, -0.2) is 62.1 Å².